The first kappa shape index (κ1) is 14.9. The highest BCUT2D eigenvalue weighted by atomic mass is 32.1. The minimum absolute atomic E-state index is 0.0124. The minimum atomic E-state index is -0.281. The van der Waals surface area contributed by atoms with Crippen molar-refractivity contribution < 1.29 is 5.11 Å². The summed E-state index contributed by atoms with van der Waals surface area (Å²) in [5.41, 5.74) is 5.74. The second-order valence-electron chi connectivity index (χ2n) is 6.61. The van der Waals surface area contributed by atoms with E-state index in [0.29, 0.717) is 4.99 Å². The van der Waals surface area contributed by atoms with Crippen molar-refractivity contribution >= 4 is 17.2 Å². The predicted molar refractivity (Wildman–Crippen MR) is 76.0 cm³/mol. The van der Waals surface area contributed by atoms with E-state index >= 15 is 0 Å². The first-order valence-electron chi connectivity index (χ1n) is 6.35. The van der Waals surface area contributed by atoms with Crippen LogP contribution in [0.1, 0.15) is 40.5 Å². The molecule has 4 heteroatoms. The molecule has 1 aliphatic rings. The van der Waals surface area contributed by atoms with Gasteiger partial charge in [-0.15, -0.1) is 0 Å². The second kappa shape index (κ2) is 5.21. The highest BCUT2D eigenvalue weighted by Crippen LogP contribution is 2.31. The van der Waals surface area contributed by atoms with Crippen LogP contribution >= 0.6 is 12.2 Å². The number of aliphatic hydroxyl groups excluding tert-OH is 1. The second-order valence-corrected chi connectivity index (χ2v) is 7.05. The number of aliphatic hydroxyl groups is 1. The summed E-state index contributed by atoms with van der Waals surface area (Å²) in [6.07, 6.45) is 1.72. The molecule has 0 amide bonds. The fourth-order valence-corrected chi connectivity index (χ4v) is 2.20. The number of nitrogens with zero attached hydrogens (tertiary/aromatic N) is 1. The summed E-state index contributed by atoms with van der Waals surface area (Å²) in [6.45, 7) is 11.0. The Bertz CT molecular complexity index is 278. The maximum Gasteiger partial charge on any atom is 0.0788 e. The van der Waals surface area contributed by atoms with E-state index in [0.717, 1.165) is 32.5 Å². The fraction of sp³-hybridized carbons (Fsp3) is 0.923. The van der Waals surface area contributed by atoms with Crippen molar-refractivity contribution in [3.05, 3.63) is 0 Å². The summed E-state index contributed by atoms with van der Waals surface area (Å²) < 4.78 is 0. The van der Waals surface area contributed by atoms with E-state index in [1.807, 2.05) is 0 Å². The van der Waals surface area contributed by atoms with Gasteiger partial charge < -0.3 is 15.7 Å². The van der Waals surface area contributed by atoms with Crippen molar-refractivity contribution in [3.8, 4) is 0 Å². The lowest BCUT2D eigenvalue weighted by molar-refractivity contribution is 0.0163. The van der Waals surface area contributed by atoms with Gasteiger partial charge in [-0.3, -0.25) is 0 Å². The van der Waals surface area contributed by atoms with Crippen molar-refractivity contribution in [2.75, 3.05) is 19.6 Å². The highest BCUT2D eigenvalue weighted by molar-refractivity contribution is 7.80. The van der Waals surface area contributed by atoms with E-state index in [1.54, 1.807) is 0 Å². The molecular formula is C13H26N2OS. The summed E-state index contributed by atoms with van der Waals surface area (Å²) >= 11 is 5.12. The van der Waals surface area contributed by atoms with Crippen LogP contribution in [0.4, 0.5) is 0 Å². The molecule has 0 saturated carbocycles. The zero-order valence-corrected chi connectivity index (χ0v) is 12.3. The first-order valence-corrected chi connectivity index (χ1v) is 6.76. The number of rotatable bonds is 3. The molecule has 100 valence electrons. The van der Waals surface area contributed by atoms with Gasteiger partial charge in [0.2, 0.25) is 0 Å². The maximum absolute atomic E-state index is 10.1. The van der Waals surface area contributed by atoms with Crippen molar-refractivity contribution in [2.45, 2.75) is 46.6 Å². The molecule has 0 spiro atoms. The number of piperidine rings is 1. The Hall–Kier alpha value is -0.190. The topological polar surface area (TPSA) is 49.5 Å². The Morgan fingerprint density at radius 1 is 1.41 bits per heavy atom. The van der Waals surface area contributed by atoms with Crippen LogP contribution in [0, 0.1) is 10.8 Å². The molecular weight excluding hydrogens is 232 g/mol. The van der Waals surface area contributed by atoms with Gasteiger partial charge in [0.15, 0.2) is 0 Å². The zero-order valence-electron chi connectivity index (χ0n) is 11.5. The standard InChI is InChI=1S/C13H26N2OS/c1-12(2,3)10(16)9-15-7-5-13(4,6-8-15)11(14)17/h10,16H,5-9H2,1-4H3,(H2,14,17). The molecule has 3 nitrogen and oxygen atoms in total. The maximum atomic E-state index is 10.1. The van der Waals surface area contributed by atoms with Crippen LogP contribution in [0.2, 0.25) is 0 Å². The van der Waals surface area contributed by atoms with Crippen molar-refractivity contribution in [2.24, 2.45) is 16.6 Å². The molecule has 0 aromatic rings. The molecule has 0 radical (unpaired) electrons. The third-order valence-electron chi connectivity index (χ3n) is 3.99. The van der Waals surface area contributed by atoms with Gasteiger partial charge in [0, 0.05) is 12.0 Å². The highest BCUT2D eigenvalue weighted by Gasteiger charge is 2.34. The number of β-amino-alcohol motifs (C(OH)–C–C–N with tert-alkyl or cyclic N) is 1. The molecule has 1 saturated heterocycles. The van der Waals surface area contributed by atoms with Crippen molar-refractivity contribution in [1.29, 1.82) is 0 Å². The van der Waals surface area contributed by atoms with Crippen LogP contribution in [-0.4, -0.2) is 40.7 Å². The zero-order chi connectivity index (χ0) is 13.3. The lowest BCUT2D eigenvalue weighted by Gasteiger charge is -2.40. The number of hydrogen-bond acceptors (Lipinski definition) is 3. The predicted octanol–water partition coefficient (Wildman–Crippen LogP) is 1.78. The van der Waals surface area contributed by atoms with E-state index in [-0.39, 0.29) is 16.9 Å². The van der Waals surface area contributed by atoms with Gasteiger partial charge in [-0.25, -0.2) is 0 Å². The van der Waals surface area contributed by atoms with Crippen LogP contribution < -0.4 is 5.73 Å². The van der Waals surface area contributed by atoms with E-state index in [4.69, 9.17) is 18.0 Å². The number of likely N-dealkylation sites (tertiary alicyclic amines) is 1. The number of hydrogen-bond donors (Lipinski definition) is 2. The third kappa shape index (κ3) is 3.90. The Morgan fingerprint density at radius 2 is 1.88 bits per heavy atom. The fourth-order valence-electron chi connectivity index (χ4n) is 1.99. The van der Waals surface area contributed by atoms with Gasteiger partial charge in [-0.1, -0.05) is 39.9 Å². The van der Waals surface area contributed by atoms with E-state index < -0.39 is 0 Å². The molecule has 1 rings (SSSR count). The normalized spacial score (nSPS) is 23.4. The van der Waals surface area contributed by atoms with E-state index in [2.05, 4.69) is 32.6 Å². The monoisotopic (exact) mass is 258 g/mol. The molecule has 1 heterocycles. The van der Waals surface area contributed by atoms with Crippen LogP contribution in [-0.2, 0) is 0 Å². The molecule has 0 bridgehead atoms. The summed E-state index contributed by atoms with van der Waals surface area (Å²) in [7, 11) is 0. The van der Waals surface area contributed by atoms with Gasteiger partial charge in [0.1, 0.15) is 0 Å². The molecule has 1 unspecified atom stereocenters. The van der Waals surface area contributed by atoms with Gasteiger partial charge in [-0.2, -0.15) is 0 Å². The van der Waals surface area contributed by atoms with Gasteiger partial charge in [-0.05, 0) is 31.3 Å². The van der Waals surface area contributed by atoms with Crippen molar-refractivity contribution in [3.63, 3.8) is 0 Å². The molecule has 0 aromatic heterocycles. The summed E-state index contributed by atoms with van der Waals surface area (Å²) in [5, 5.41) is 10.1. The Labute approximate surface area is 110 Å². The Balaban J connectivity index is 2.46. The lowest BCUT2D eigenvalue weighted by atomic mass is 9.80. The summed E-state index contributed by atoms with van der Waals surface area (Å²) in [4.78, 5) is 2.95. The van der Waals surface area contributed by atoms with Crippen LogP contribution in [0.5, 0.6) is 0 Å². The Morgan fingerprint density at radius 3 is 2.24 bits per heavy atom. The van der Waals surface area contributed by atoms with E-state index in [1.165, 1.54) is 0 Å². The van der Waals surface area contributed by atoms with Gasteiger partial charge in [0.25, 0.3) is 0 Å². The first-order chi connectivity index (χ1) is 7.65. The number of nitrogens with two attached hydrogens (primary N) is 1. The van der Waals surface area contributed by atoms with Crippen LogP contribution in [0.25, 0.3) is 0 Å². The van der Waals surface area contributed by atoms with Crippen LogP contribution in [0.3, 0.4) is 0 Å². The summed E-state index contributed by atoms with van der Waals surface area (Å²) in [6, 6.07) is 0. The molecule has 0 aliphatic carbocycles. The van der Waals surface area contributed by atoms with Crippen LogP contribution in [0.15, 0.2) is 0 Å². The lowest BCUT2D eigenvalue weighted by Crippen LogP contribution is -2.48. The SMILES string of the molecule is CC1(C(N)=S)CCN(CC(O)C(C)(C)C)CC1. The smallest absolute Gasteiger partial charge is 0.0788 e. The molecule has 0 aromatic carbocycles. The summed E-state index contributed by atoms with van der Waals surface area (Å²) in [5.74, 6) is 0. The average molecular weight is 258 g/mol. The number of thiocarbonyl (C=S) groups is 1. The average Bonchev–Trinajstić information content (AvgIpc) is 2.20. The molecule has 3 N–H and O–H groups in total. The van der Waals surface area contributed by atoms with Crippen molar-refractivity contribution in [1.82, 2.24) is 4.90 Å². The quantitative estimate of drug-likeness (QED) is 0.758. The minimum Gasteiger partial charge on any atom is -0.393 e. The largest absolute Gasteiger partial charge is 0.393 e. The third-order valence-corrected chi connectivity index (χ3v) is 4.48. The van der Waals surface area contributed by atoms with Gasteiger partial charge in [0.05, 0.1) is 11.1 Å². The Kier molecular flexibility index (Phi) is 4.55. The molecule has 1 fully saturated rings. The molecule has 1 atom stereocenters. The van der Waals surface area contributed by atoms with Gasteiger partial charge >= 0.3 is 0 Å². The molecule has 1 aliphatic heterocycles. The van der Waals surface area contributed by atoms with E-state index in [9.17, 15) is 5.11 Å². The molecule has 17 heavy (non-hydrogen) atoms.